The van der Waals surface area contributed by atoms with Gasteiger partial charge in [0.2, 0.25) is 0 Å². The van der Waals surface area contributed by atoms with Crippen molar-refractivity contribution in [3.8, 4) is 0 Å². The van der Waals surface area contributed by atoms with Gasteiger partial charge in [0.05, 0.1) is 24.9 Å². The molecule has 2 N–H and O–H groups in total. The summed E-state index contributed by atoms with van der Waals surface area (Å²) >= 11 is 0. The molecular weight excluding hydrogens is 320 g/mol. The molecule has 0 spiro atoms. The number of carbonyl (C=O) groups excluding carboxylic acids is 1. The monoisotopic (exact) mass is 342 g/mol. The maximum Gasteiger partial charge on any atom is 0.338 e. The molecule has 5 nitrogen and oxygen atoms in total. The van der Waals surface area contributed by atoms with Crippen molar-refractivity contribution in [1.82, 2.24) is 0 Å². The second-order valence-corrected chi connectivity index (χ2v) is 6.29. The number of ether oxygens (including phenoxy) is 2. The van der Waals surface area contributed by atoms with Gasteiger partial charge < -0.3 is 19.7 Å². The zero-order valence-corrected chi connectivity index (χ0v) is 13.8. The van der Waals surface area contributed by atoms with Crippen LogP contribution >= 0.6 is 0 Å². The minimum atomic E-state index is -1.10. The molecule has 0 aliphatic heterocycles. The van der Waals surface area contributed by atoms with Crippen molar-refractivity contribution in [3.63, 3.8) is 0 Å². The van der Waals surface area contributed by atoms with E-state index in [0.29, 0.717) is 25.2 Å². The lowest BCUT2D eigenvalue weighted by atomic mass is 10.1. The Morgan fingerprint density at radius 2 is 1.60 bits per heavy atom. The van der Waals surface area contributed by atoms with E-state index in [1.54, 1.807) is 24.3 Å². The molecule has 2 aromatic rings. The Balaban J connectivity index is 1.51. The quantitative estimate of drug-likeness (QED) is 0.787. The van der Waals surface area contributed by atoms with Gasteiger partial charge in [0, 0.05) is 5.92 Å². The van der Waals surface area contributed by atoms with Crippen LogP contribution in [0.1, 0.15) is 22.3 Å². The van der Waals surface area contributed by atoms with Gasteiger partial charge in [0.1, 0.15) is 12.2 Å². The van der Waals surface area contributed by atoms with Crippen LogP contribution in [-0.4, -0.2) is 41.1 Å². The van der Waals surface area contributed by atoms with Gasteiger partial charge in [0.15, 0.2) is 0 Å². The molecule has 0 saturated heterocycles. The molecule has 4 atom stereocenters. The third-order valence-corrected chi connectivity index (χ3v) is 4.46. The number of aliphatic hydroxyl groups is 2. The van der Waals surface area contributed by atoms with Crippen molar-refractivity contribution in [2.75, 3.05) is 6.61 Å². The summed E-state index contributed by atoms with van der Waals surface area (Å²) in [6, 6.07) is 18.3. The second-order valence-electron chi connectivity index (χ2n) is 6.29. The van der Waals surface area contributed by atoms with E-state index < -0.39 is 24.3 Å². The maximum absolute atomic E-state index is 12.1. The number of rotatable bonds is 6. The minimum Gasteiger partial charge on any atom is -0.456 e. The Morgan fingerprint density at radius 1 is 0.960 bits per heavy atom. The smallest absolute Gasteiger partial charge is 0.338 e. The first-order valence-corrected chi connectivity index (χ1v) is 8.39. The Hall–Kier alpha value is -2.21. The second kappa shape index (κ2) is 8.25. The molecule has 0 unspecified atom stereocenters. The van der Waals surface area contributed by atoms with E-state index >= 15 is 0 Å². The summed E-state index contributed by atoms with van der Waals surface area (Å²) in [6.45, 7) is 0.737. The highest BCUT2D eigenvalue weighted by atomic mass is 16.6. The van der Waals surface area contributed by atoms with Crippen molar-refractivity contribution >= 4 is 5.97 Å². The summed E-state index contributed by atoms with van der Waals surface area (Å²) < 4.78 is 11.0. The van der Waals surface area contributed by atoms with Crippen molar-refractivity contribution in [1.29, 1.82) is 0 Å². The third kappa shape index (κ3) is 4.45. The maximum atomic E-state index is 12.1. The molecule has 25 heavy (non-hydrogen) atoms. The van der Waals surface area contributed by atoms with Crippen LogP contribution in [0.5, 0.6) is 0 Å². The first kappa shape index (κ1) is 17.6. The van der Waals surface area contributed by atoms with Gasteiger partial charge in [0.25, 0.3) is 0 Å². The zero-order chi connectivity index (χ0) is 17.6. The summed E-state index contributed by atoms with van der Waals surface area (Å²) in [5, 5.41) is 20.3. The molecule has 1 aliphatic rings. The third-order valence-electron chi connectivity index (χ3n) is 4.46. The molecule has 1 aliphatic carbocycles. The lowest BCUT2D eigenvalue weighted by molar-refractivity contribution is -0.0462. The van der Waals surface area contributed by atoms with Crippen LogP contribution in [0.25, 0.3) is 0 Å². The van der Waals surface area contributed by atoms with E-state index in [9.17, 15) is 15.0 Å². The molecule has 1 saturated carbocycles. The van der Waals surface area contributed by atoms with Crippen molar-refractivity contribution < 1.29 is 24.5 Å². The minimum absolute atomic E-state index is 0.271. The molecule has 1 fully saturated rings. The van der Waals surface area contributed by atoms with Crippen molar-refractivity contribution in [3.05, 3.63) is 71.8 Å². The van der Waals surface area contributed by atoms with E-state index in [-0.39, 0.29) is 5.92 Å². The molecule has 0 aromatic heterocycles. The van der Waals surface area contributed by atoms with E-state index in [2.05, 4.69) is 0 Å². The largest absolute Gasteiger partial charge is 0.456 e. The van der Waals surface area contributed by atoms with Crippen LogP contribution < -0.4 is 0 Å². The highest BCUT2D eigenvalue weighted by Gasteiger charge is 2.43. The van der Waals surface area contributed by atoms with Crippen LogP contribution in [0.4, 0.5) is 0 Å². The first-order valence-electron chi connectivity index (χ1n) is 8.39. The lowest BCUT2D eigenvalue weighted by Crippen LogP contribution is -2.34. The first-order chi connectivity index (χ1) is 12.1. The number of hydrogen-bond donors (Lipinski definition) is 2. The number of esters is 1. The number of benzene rings is 2. The van der Waals surface area contributed by atoms with Crippen LogP contribution in [0, 0.1) is 5.92 Å². The van der Waals surface area contributed by atoms with Crippen molar-refractivity contribution in [2.24, 2.45) is 5.92 Å². The molecule has 2 aromatic carbocycles. The Labute approximate surface area is 146 Å². The summed E-state index contributed by atoms with van der Waals surface area (Å²) in [6.07, 6.45) is -2.43. The van der Waals surface area contributed by atoms with Gasteiger partial charge >= 0.3 is 5.97 Å². The van der Waals surface area contributed by atoms with Crippen LogP contribution in [0.3, 0.4) is 0 Å². The summed E-state index contributed by atoms with van der Waals surface area (Å²) in [7, 11) is 0. The van der Waals surface area contributed by atoms with Gasteiger partial charge in [-0.15, -0.1) is 0 Å². The lowest BCUT2D eigenvalue weighted by Gasteiger charge is -2.17. The van der Waals surface area contributed by atoms with Crippen LogP contribution in [0.15, 0.2) is 60.7 Å². The van der Waals surface area contributed by atoms with Gasteiger partial charge in [-0.25, -0.2) is 4.79 Å². The fourth-order valence-corrected chi connectivity index (χ4v) is 3.04. The Morgan fingerprint density at radius 3 is 2.28 bits per heavy atom. The van der Waals surface area contributed by atoms with Crippen LogP contribution in [-0.2, 0) is 16.1 Å². The topological polar surface area (TPSA) is 76.0 Å². The molecule has 132 valence electrons. The molecule has 3 rings (SSSR count). The highest BCUT2D eigenvalue weighted by Crippen LogP contribution is 2.30. The van der Waals surface area contributed by atoms with Gasteiger partial charge in [-0.05, 0) is 24.1 Å². The zero-order valence-electron chi connectivity index (χ0n) is 13.8. The molecule has 5 heteroatoms. The number of carbonyl (C=O) groups is 1. The number of hydrogen-bond acceptors (Lipinski definition) is 5. The molecular formula is C20H22O5. The Kier molecular flexibility index (Phi) is 5.81. The SMILES string of the molecule is O=C(O[C@@H]1C[C@@H](COCc2ccccc2)[C@H](O)[C@@H]1O)c1ccccc1. The molecule has 0 radical (unpaired) electrons. The van der Waals surface area contributed by atoms with E-state index in [0.717, 1.165) is 5.56 Å². The summed E-state index contributed by atoms with van der Waals surface area (Å²) in [5.74, 6) is -0.769. The van der Waals surface area contributed by atoms with Gasteiger partial charge in [-0.1, -0.05) is 48.5 Å². The summed E-state index contributed by atoms with van der Waals surface area (Å²) in [5.41, 5.74) is 1.47. The normalized spacial score (nSPS) is 25.7. The Bertz CT molecular complexity index is 673. The highest BCUT2D eigenvalue weighted by molar-refractivity contribution is 5.89. The van der Waals surface area contributed by atoms with Crippen LogP contribution in [0.2, 0.25) is 0 Å². The average molecular weight is 342 g/mol. The molecule has 0 amide bonds. The van der Waals surface area contributed by atoms with E-state index in [1.165, 1.54) is 0 Å². The van der Waals surface area contributed by atoms with Gasteiger partial charge in [-0.2, -0.15) is 0 Å². The van der Waals surface area contributed by atoms with Crippen molar-refractivity contribution in [2.45, 2.75) is 31.3 Å². The van der Waals surface area contributed by atoms with E-state index in [1.807, 2.05) is 36.4 Å². The predicted octanol–water partition coefficient (Wildman–Crippen LogP) is 2.17. The summed E-state index contributed by atoms with van der Waals surface area (Å²) in [4.78, 5) is 12.1. The fraction of sp³-hybridized carbons (Fsp3) is 0.350. The van der Waals surface area contributed by atoms with E-state index in [4.69, 9.17) is 9.47 Å². The predicted molar refractivity (Wildman–Crippen MR) is 91.9 cm³/mol. The van der Waals surface area contributed by atoms with Gasteiger partial charge in [-0.3, -0.25) is 0 Å². The molecule has 0 bridgehead atoms. The standard InChI is InChI=1S/C20H22O5/c21-18-16(13-24-12-14-7-3-1-4-8-14)11-17(19(18)22)25-20(23)15-9-5-2-6-10-15/h1-10,16-19,21-22H,11-13H2/t16-,17+,18-,19+/m0/s1. The molecule has 0 heterocycles. The number of aliphatic hydroxyl groups excluding tert-OH is 2. The fourth-order valence-electron chi connectivity index (χ4n) is 3.04. The average Bonchev–Trinajstić information content (AvgIpc) is 2.91.